The summed E-state index contributed by atoms with van der Waals surface area (Å²) in [6.45, 7) is 2.92. The van der Waals surface area contributed by atoms with E-state index in [4.69, 9.17) is 12.2 Å². The van der Waals surface area contributed by atoms with Crippen molar-refractivity contribution < 1.29 is 4.79 Å². The van der Waals surface area contributed by atoms with Crippen LogP contribution in [0.5, 0.6) is 0 Å². The Bertz CT molecular complexity index is 594. The van der Waals surface area contributed by atoms with Gasteiger partial charge in [0.1, 0.15) is 4.32 Å². The van der Waals surface area contributed by atoms with Crippen molar-refractivity contribution in [2.24, 2.45) is 0 Å². The van der Waals surface area contributed by atoms with Gasteiger partial charge in [-0.3, -0.25) is 9.69 Å². The van der Waals surface area contributed by atoms with Crippen LogP contribution in [-0.2, 0) is 4.79 Å². The average molecular weight is 349 g/mol. The van der Waals surface area contributed by atoms with Crippen molar-refractivity contribution >= 4 is 46.0 Å². The SMILES string of the molecule is CCCCCCN1C(=O)C(=Cc2ccc(N(C)C)cc2)SC1=S. The van der Waals surface area contributed by atoms with Crippen LogP contribution in [0.2, 0.25) is 0 Å². The molecule has 23 heavy (non-hydrogen) atoms. The fraction of sp³-hybridized carbons (Fsp3) is 0.444. The number of unbranched alkanes of at least 4 members (excludes halogenated alkanes) is 3. The Balaban J connectivity index is 2.03. The second kappa shape index (κ2) is 8.50. The highest BCUT2D eigenvalue weighted by Gasteiger charge is 2.31. The van der Waals surface area contributed by atoms with Gasteiger partial charge < -0.3 is 4.90 Å². The fourth-order valence-corrected chi connectivity index (χ4v) is 3.72. The third-order valence-corrected chi connectivity index (χ3v) is 5.19. The van der Waals surface area contributed by atoms with Crippen LogP contribution < -0.4 is 4.90 Å². The van der Waals surface area contributed by atoms with E-state index in [-0.39, 0.29) is 5.91 Å². The molecule has 0 aromatic heterocycles. The van der Waals surface area contributed by atoms with Gasteiger partial charge in [0, 0.05) is 26.3 Å². The third-order valence-electron chi connectivity index (χ3n) is 3.82. The van der Waals surface area contributed by atoms with Crippen molar-refractivity contribution in [3.05, 3.63) is 34.7 Å². The number of thioether (sulfide) groups is 1. The molecule has 124 valence electrons. The number of carbonyl (C=O) groups is 1. The molecule has 0 N–H and O–H groups in total. The summed E-state index contributed by atoms with van der Waals surface area (Å²) in [5.74, 6) is 0.0492. The van der Waals surface area contributed by atoms with Gasteiger partial charge in [-0.15, -0.1) is 0 Å². The number of nitrogens with zero attached hydrogens (tertiary/aromatic N) is 2. The molecule has 0 atom stereocenters. The summed E-state index contributed by atoms with van der Waals surface area (Å²) >= 11 is 6.77. The molecular formula is C18H24N2OS2. The van der Waals surface area contributed by atoms with E-state index in [2.05, 4.69) is 24.0 Å². The second-order valence-corrected chi connectivity index (χ2v) is 7.56. The summed E-state index contributed by atoms with van der Waals surface area (Å²) in [5, 5.41) is 0. The van der Waals surface area contributed by atoms with Crippen LogP contribution >= 0.6 is 24.0 Å². The number of anilines is 1. The van der Waals surface area contributed by atoms with Crippen LogP contribution in [0, 0.1) is 0 Å². The monoisotopic (exact) mass is 348 g/mol. The van der Waals surface area contributed by atoms with Gasteiger partial charge in [-0.1, -0.05) is 62.3 Å². The lowest BCUT2D eigenvalue weighted by Crippen LogP contribution is -2.28. The summed E-state index contributed by atoms with van der Waals surface area (Å²) in [5.41, 5.74) is 2.17. The number of benzene rings is 1. The molecule has 0 bridgehead atoms. The summed E-state index contributed by atoms with van der Waals surface area (Å²) < 4.78 is 0.683. The van der Waals surface area contributed by atoms with E-state index >= 15 is 0 Å². The maximum atomic E-state index is 12.5. The largest absolute Gasteiger partial charge is 0.378 e. The Kier molecular flexibility index (Phi) is 6.66. The van der Waals surface area contributed by atoms with E-state index in [1.165, 1.54) is 24.6 Å². The second-order valence-electron chi connectivity index (χ2n) is 5.88. The molecule has 1 saturated heterocycles. The van der Waals surface area contributed by atoms with Crippen molar-refractivity contribution in [2.75, 3.05) is 25.5 Å². The predicted molar refractivity (Wildman–Crippen MR) is 105 cm³/mol. The maximum absolute atomic E-state index is 12.5. The van der Waals surface area contributed by atoms with Gasteiger partial charge >= 0.3 is 0 Å². The Morgan fingerprint density at radius 1 is 1.17 bits per heavy atom. The molecule has 0 aliphatic carbocycles. The molecule has 5 heteroatoms. The number of amides is 1. The molecule has 1 aromatic rings. The molecular weight excluding hydrogens is 324 g/mol. The Morgan fingerprint density at radius 3 is 2.48 bits per heavy atom. The summed E-state index contributed by atoms with van der Waals surface area (Å²) in [6, 6.07) is 8.17. The molecule has 0 spiro atoms. The first-order valence-electron chi connectivity index (χ1n) is 8.05. The van der Waals surface area contributed by atoms with Gasteiger partial charge in [0.05, 0.1) is 4.91 Å². The van der Waals surface area contributed by atoms with E-state index in [1.807, 2.05) is 32.3 Å². The Hall–Kier alpha value is -1.33. The first-order valence-corrected chi connectivity index (χ1v) is 9.28. The van der Waals surface area contributed by atoms with Gasteiger partial charge in [-0.25, -0.2) is 0 Å². The third kappa shape index (κ3) is 4.82. The van der Waals surface area contributed by atoms with Gasteiger partial charge in [0.2, 0.25) is 0 Å². The predicted octanol–water partition coefficient (Wildman–Crippen LogP) is 4.53. The summed E-state index contributed by atoms with van der Waals surface area (Å²) in [7, 11) is 4.03. The minimum absolute atomic E-state index is 0.0492. The molecule has 1 amide bonds. The quantitative estimate of drug-likeness (QED) is 0.410. The molecule has 0 radical (unpaired) electrons. The van der Waals surface area contributed by atoms with Crippen molar-refractivity contribution in [1.29, 1.82) is 0 Å². The van der Waals surface area contributed by atoms with E-state index in [1.54, 1.807) is 4.90 Å². The molecule has 2 rings (SSSR count). The van der Waals surface area contributed by atoms with Crippen molar-refractivity contribution in [3.8, 4) is 0 Å². The molecule has 0 unspecified atom stereocenters. The van der Waals surface area contributed by atoms with E-state index in [0.717, 1.165) is 35.5 Å². The van der Waals surface area contributed by atoms with Crippen LogP contribution in [-0.4, -0.2) is 35.8 Å². The summed E-state index contributed by atoms with van der Waals surface area (Å²) in [4.78, 5) is 17.0. The fourth-order valence-electron chi connectivity index (χ4n) is 2.41. The van der Waals surface area contributed by atoms with Gasteiger partial charge in [0.25, 0.3) is 5.91 Å². The number of thiocarbonyl (C=S) groups is 1. The topological polar surface area (TPSA) is 23.6 Å². The lowest BCUT2D eigenvalue weighted by Gasteiger charge is -2.13. The minimum Gasteiger partial charge on any atom is -0.378 e. The van der Waals surface area contributed by atoms with Crippen LogP contribution in [0.4, 0.5) is 5.69 Å². The van der Waals surface area contributed by atoms with Crippen molar-refractivity contribution in [1.82, 2.24) is 4.90 Å². The van der Waals surface area contributed by atoms with Crippen LogP contribution in [0.1, 0.15) is 38.2 Å². The van der Waals surface area contributed by atoms with Gasteiger partial charge in [-0.2, -0.15) is 0 Å². The first kappa shape index (κ1) is 18.0. The molecule has 0 saturated carbocycles. The normalized spacial score (nSPS) is 16.5. The molecule has 1 aromatic carbocycles. The van der Waals surface area contributed by atoms with Crippen LogP contribution in [0.3, 0.4) is 0 Å². The Labute approximate surface area is 148 Å². The zero-order valence-electron chi connectivity index (χ0n) is 14.0. The highest BCUT2D eigenvalue weighted by atomic mass is 32.2. The van der Waals surface area contributed by atoms with E-state index in [9.17, 15) is 4.79 Å². The smallest absolute Gasteiger partial charge is 0.266 e. The molecule has 1 aliphatic heterocycles. The Morgan fingerprint density at radius 2 is 1.87 bits per heavy atom. The van der Waals surface area contributed by atoms with Crippen LogP contribution in [0.25, 0.3) is 6.08 Å². The number of carbonyl (C=O) groups excluding carboxylic acids is 1. The molecule has 1 heterocycles. The van der Waals surface area contributed by atoms with Gasteiger partial charge in [-0.05, 0) is 30.2 Å². The molecule has 1 aliphatic rings. The number of hydrogen-bond acceptors (Lipinski definition) is 4. The van der Waals surface area contributed by atoms with Crippen LogP contribution in [0.15, 0.2) is 29.2 Å². The van der Waals surface area contributed by atoms with Crippen molar-refractivity contribution in [3.63, 3.8) is 0 Å². The minimum atomic E-state index is 0.0492. The zero-order chi connectivity index (χ0) is 16.8. The lowest BCUT2D eigenvalue weighted by molar-refractivity contribution is -0.122. The van der Waals surface area contributed by atoms with E-state index < -0.39 is 0 Å². The standard InChI is InChI=1S/C18H24N2OS2/c1-4-5-6-7-12-20-17(21)16(23-18(20)22)13-14-8-10-15(11-9-14)19(2)3/h8-11,13H,4-7,12H2,1-3H3. The molecule has 1 fully saturated rings. The zero-order valence-corrected chi connectivity index (χ0v) is 15.7. The number of rotatable bonds is 7. The van der Waals surface area contributed by atoms with Gasteiger partial charge in [0.15, 0.2) is 0 Å². The first-order chi connectivity index (χ1) is 11.0. The highest BCUT2D eigenvalue weighted by molar-refractivity contribution is 8.26. The molecule has 3 nitrogen and oxygen atoms in total. The van der Waals surface area contributed by atoms with Crippen molar-refractivity contribution in [2.45, 2.75) is 32.6 Å². The summed E-state index contributed by atoms with van der Waals surface area (Å²) in [6.07, 6.45) is 6.51. The highest BCUT2D eigenvalue weighted by Crippen LogP contribution is 2.33. The number of hydrogen-bond donors (Lipinski definition) is 0. The maximum Gasteiger partial charge on any atom is 0.266 e. The van der Waals surface area contributed by atoms with E-state index in [0.29, 0.717) is 4.32 Å². The lowest BCUT2D eigenvalue weighted by atomic mass is 10.1. The average Bonchev–Trinajstić information content (AvgIpc) is 2.79.